The van der Waals surface area contributed by atoms with Crippen molar-refractivity contribution in [3.05, 3.63) is 34.9 Å². The molecule has 2 aromatic rings. The second-order valence-corrected chi connectivity index (χ2v) is 6.88. The van der Waals surface area contributed by atoms with Gasteiger partial charge in [0, 0.05) is 25.3 Å². The van der Waals surface area contributed by atoms with E-state index in [2.05, 4.69) is 10.4 Å². The van der Waals surface area contributed by atoms with Crippen LogP contribution in [0.2, 0.25) is 0 Å². The highest BCUT2D eigenvalue weighted by atomic mass is 35.5. The van der Waals surface area contributed by atoms with Crippen molar-refractivity contribution in [1.82, 2.24) is 24.4 Å². The minimum Gasteiger partial charge on any atom is -0.341 e. The zero-order chi connectivity index (χ0) is 16.5. The van der Waals surface area contributed by atoms with Crippen LogP contribution >= 0.6 is 12.4 Å². The van der Waals surface area contributed by atoms with Crippen molar-refractivity contribution in [3.8, 4) is 0 Å². The molecule has 0 bridgehead atoms. The Labute approximate surface area is 152 Å². The third-order valence-corrected chi connectivity index (χ3v) is 5.01. The summed E-state index contributed by atoms with van der Waals surface area (Å²) in [5.41, 5.74) is 0.304. The van der Waals surface area contributed by atoms with Gasteiger partial charge in [-0.05, 0) is 50.3 Å². The van der Waals surface area contributed by atoms with Crippen molar-refractivity contribution in [3.63, 3.8) is 0 Å². The lowest BCUT2D eigenvalue weighted by Gasteiger charge is -2.32. The lowest BCUT2D eigenvalue weighted by atomic mass is 10.0. The van der Waals surface area contributed by atoms with Crippen molar-refractivity contribution < 1.29 is 4.79 Å². The second-order valence-electron chi connectivity index (χ2n) is 6.88. The van der Waals surface area contributed by atoms with E-state index in [0.717, 1.165) is 38.4 Å². The molecule has 136 valence electrons. The van der Waals surface area contributed by atoms with Crippen molar-refractivity contribution in [2.24, 2.45) is 5.92 Å². The van der Waals surface area contributed by atoms with E-state index < -0.39 is 0 Å². The molecule has 4 rings (SSSR count). The minimum absolute atomic E-state index is 0. The standard InChI is InChI=1S/C17H23N5O2.ClH/c23-16(12-22-17(24)21-8-2-1-3-15(21)19-22)20-9-6-14(7-10-20)18-11-13-4-5-13;/h1-3,8,13-14,18H,4-7,9-12H2;1H. The molecule has 1 saturated heterocycles. The number of pyridine rings is 1. The van der Waals surface area contributed by atoms with Crippen LogP contribution in [0, 0.1) is 5.92 Å². The van der Waals surface area contributed by atoms with Crippen LogP contribution < -0.4 is 11.0 Å². The zero-order valence-electron chi connectivity index (χ0n) is 14.1. The van der Waals surface area contributed by atoms with Gasteiger partial charge >= 0.3 is 5.69 Å². The number of halogens is 1. The van der Waals surface area contributed by atoms with E-state index in [4.69, 9.17) is 0 Å². The van der Waals surface area contributed by atoms with E-state index in [-0.39, 0.29) is 30.5 Å². The fourth-order valence-electron chi connectivity index (χ4n) is 3.29. The molecule has 0 unspecified atom stereocenters. The number of nitrogens with one attached hydrogen (secondary N) is 1. The number of hydrogen-bond acceptors (Lipinski definition) is 4. The molecule has 2 aromatic heterocycles. The summed E-state index contributed by atoms with van der Waals surface area (Å²) < 4.78 is 2.72. The number of likely N-dealkylation sites (tertiary alicyclic amines) is 1. The lowest BCUT2D eigenvalue weighted by molar-refractivity contribution is -0.133. The largest absolute Gasteiger partial charge is 0.350 e. The monoisotopic (exact) mass is 365 g/mol. The maximum atomic E-state index is 12.5. The van der Waals surface area contributed by atoms with Gasteiger partial charge in [0.2, 0.25) is 5.91 Å². The predicted octanol–water partition coefficient (Wildman–Crippen LogP) is 0.908. The molecule has 25 heavy (non-hydrogen) atoms. The highest BCUT2D eigenvalue weighted by Crippen LogP contribution is 2.28. The van der Waals surface area contributed by atoms with Gasteiger partial charge in [0.05, 0.1) is 0 Å². The van der Waals surface area contributed by atoms with Gasteiger partial charge in [-0.2, -0.15) is 0 Å². The molecule has 1 aliphatic carbocycles. The summed E-state index contributed by atoms with van der Waals surface area (Å²) in [6.07, 6.45) is 6.36. The van der Waals surface area contributed by atoms with Gasteiger partial charge in [-0.3, -0.25) is 9.20 Å². The summed E-state index contributed by atoms with van der Waals surface area (Å²) in [5.74, 6) is 0.854. The fraction of sp³-hybridized carbons (Fsp3) is 0.588. The first-order valence-electron chi connectivity index (χ1n) is 8.76. The molecule has 3 heterocycles. The van der Waals surface area contributed by atoms with Crippen LogP contribution in [0.3, 0.4) is 0 Å². The van der Waals surface area contributed by atoms with E-state index >= 15 is 0 Å². The molecule has 0 atom stereocenters. The van der Waals surface area contributed by atoms with E-state index in [9.17, 15) is 9.59 Å². The summed E-state index contributed by atoms with van der Waals surface area (Å²) in [5, 5.41) is 7.84. The van der Waals surface area contributed by atoms with Crippen LogP contribution in [0.4, 0.5) is 0 Å². The number of carbonyl (C=O) groups is 1. The van der Waals surface area contributed by atoms with Gasteiger partial charge < -0.3 is 10.2 Å². The Kier molecular flexibility index (Phi) is 5.44. The molecule has 1 aliphatic heterocycles. The Hall–Kier alpha value is -1.86. The quantitative estimate of drug-likeness (QED) is 0.854. The normalized spacial score (nSPS) is 18.3. The minimum atomic E-state index is -0.264. The summed E-state index contributed by atoms with van der Waals surface area (Å²) >= 11 is 0. The van der Waals surface area contributed by atoms with Crippen LogP contribution in [0.25, 0.3) is 5.65 Å². The van der Waals surface area contributed by atoms with Gasteiger partial charge in [-0.15, -0.1) is 17.5 Å². The molecular weight excluding hydrogens is 342 g/mol. The van der Waals surface area contributed by atoms with Crippen LogP contribution in [0.15, 0.2) is 29.2 Å². The number of aromatic nitrogens is 3. The first-order chi connectivity index (χ1) is 11.7. The number of rotatable bonds is 5. The van der Waals surface area contributed by atoms with E-state index in [1.807, 2.05) is 11.0 Å². The van der Waals surface area contributed by atoms with E-state index in [1.54, 1.807) is 18.3 Å². The van der Waals surface area contributed by atoms with Crippen LogP contribution in [-0.4, -0.2) is 50.7 Å². The van der Waals surface area contributed by atoms with Crippen molar-refractivity contribution >= 4 is 24.0 Å². The lowest BCUT2D eigenvalue weighted by Crippen LogP contribution is -2.46. The zero-order valence-corrected chi connectivity index (χ0v) is 15.0. The maximum Gasteiger partial charge on any atom is 0.350 e. The Morgan fingerprint density at radius 1 is 1.20 bits per heavy atom. The van der Waals surface area contributed by atoms with Gasteiger partial charge in [-0.25, -0.2) is 9.48 Å². The Balaban J connectivity index is 0.00000182. The van der Waals surface area contributed by atoms with Crippen molar-refractivity contribution in [2.45, 2.75) is 38.3 Å². The second kappa shape index (κ2) is 7.58. The van der Waals surface area contributed by atoms with E-state index in [0.29, 0.717) is 11.7 Å². The molecular formula is C17H24ClN5O2. The van der Waals surface area contributed by atoms with Crippen molar-refractivity contribution in [2.75, 3.05) is 19.6 Å². The number of hydrogen-bond donors (Lipinski definition) is 1. The van der Waals surface area contributed by atoms with Crippen LogP contribution in [0.1, 0.15) is 25.7 Å². The first-order valence-corrected chi connectivity index (χ1v) is 8.76. The summed E-state index contributed by atoms with van der Waals surface area (Å²) in [6.45, 7) is 2.64. The Morgan fingerprint density at radius 3 is 2.64 bits per heavy atom. The molecule has 0 spiro atoms. The Morgan fingerprint density at radius 2 is 1.96 bits per heavy atom. The topological polar surface area (TPSA) is 71.6 Å². The van der Waals surface area contributed by atoms with Crippen molar-refractivity contribution in [1.29, 1.82) is 0 Å². The SMILES string of the molecule is Cl.O=C(Cn1nc2ccccn2c1=O)N1CCC(NCC2CC2)CC1. The summed E-state index contributed by atoms with van der Waals surface area (Å²) in [4.78, 5) is 26.6. The average Bonchev–Trinajstić information content (AvgIpc) is 3.39. The smallest absolute Gasteiger partial charge is 0.341 e. The highest BCUT2D eigenvalue weighted by Gasteiger charge is 2.26. The molecule has 7 nitrogen and oxygen atoms in total. The molecule has 1 amide bonds. The molecule has 2 fully saturated rings. The fourth-order valence-corrected chi connectivity index (χ4v) is 3.29. The summed E-state index contributed by atoms with van der Waals surface area (Å²) in [6, 6.07) is 5.89. The van der Waals surface area contributed by atoms with Crippen LogP contribution in [0.5, 0.6) is 0 Å². The van der Waals surface area contributed by atoms with Gasteiger partial charge in [-0.1, -0.05) is 6.07 Å². The number of carbonyl (C=O) groups excluding carboxylic acids is 1. The molecule has 2 aliphatic rings. The molecule has 8 heteroatoms. The van der Waals surface area contributed by atoms with Crippen LogP contribution in [-0.2, 0) is 11.3 Å². The van der Waals surface area contributed by atoms with Gasteiger partial charge in [0.25, 0.3) is 0 Å². The highest BCUT2D eigenvalue weighted by molar-refractivity contribution is 5.85. The number of amides is 1. The predicted molar refractivity (Wildman–Crippen MR) is 97.0 cm³/mol. The third-order valence-electron chi connectivity index (χ3n) is 5.01. The van der Waals surface area contributed by atoms with E-state index in [1.165, 1.54) is 21.9 Å². The molecule has 1 N–H and O–H groups in total. The van der Waals surface area contributed by atoms with Gasteiger partial charge in [0.1, 0.15) is 6.54 Å². The maximum absolute atomic E-state index is 12.5. The average molecular weight is 366 g/mol. The molecule has 0 radical (unpaired) electrons. The number of fused-ring (bicyclic) bond motifs is 1. The Bertz CT molecular complexity index is 790. The summed E-state index contributed by atoms with van der Waals surface area (Å²) in [7, 11) is 0. The van der Waals surface area contributed by atoms with Gasteiger partial charge in [0.15, 0.2) is 5.65 Å². The third kappa shape index (κ3) is 4.04. The molecule has 1 saturated carbocycles. The first kappa shape index (κ1) is 17.9. The number of nitrogens with zero attached hydrogens (tertiary/aromatic N) is 4. The number of piperidine rings is 1. The molecule has 0 aromatic carbocycles.